The summed E-state index contributed by atoms with van der Waals surface area (Å²) in [5.74, 6) is 0. The molecule has 0 amide bonds. The summed E-state index contributed by atoms with van der Waals surface area (Å²) in [6.07, 6.45) is 6.96. The van der Waals surface area contributed by atoms with Crippen LogP contribution in [-0.2, 0) is 6.42 Å². The van der Waals surface area contributed by atoms with Gasteiger partial charge in [0.05, 0.1) is 10.0 Å². The van der Waals surface area contributed by atoms with E-state index in [1.165, 1.54) is 24.8 Å². The minimum Gasteiger partial charge on any atom is -0.325 e. The maximum absolute atomic E-state index is 6.40. The van der Waals surface area contributed by atoms with Crippen LogP contribution in [0.1, 0.15) is 37.7 Å². The number of hydrogen-bond acceptors (Lipinski definition) is 1. The van der Waals surface area contributed by atoms with E-state index in [4.69, 9.17) is 28.9 Å². The molecule has 1 aromatic carbocycles. The molecule has 1 fully saturated rings. The number of halogens is 2. The van der Waals surface area contributed by atoms with Gasteiger partial charge in [0, 0.05) is 5.54 Å². The first kappa shape index (κ1) is 12.2. The van der Waals surface area contributed by atoms with Crippen LogP contribution in [0.4, 0.5) is 0 Å². The molecular weight excluding hydrogens is 241 g/mol. The molecule has 0 saturated heterocycles. The van der Waals surface area contributed by atoms with E-state index in [1.807, 2.05) is 18.2 Å². The highest BCUT2D eigenvalue weighted by atomic mass is 35.5. The Labute approximate surface area is 107 Å². The fourth-order valence-electron chi connectivity index (χ4n) is 2.49. The third-order valence-corrected chi connectivity index (χ3v) is 4.13. The summed E-state index contributed by atoms with van der Waals surface area (Å²) in [4.78, 5) is 0. The smallest absolute Gasteiger partial charge is 0.0595 e. The quantitative estimate of drug-likeness (QED) is 0.845. The Balaban J connectivity index is 2.10. The molecule has 0 radical (unpaired) electrons. The van der Waals surface area contributed by atoms with Crippen LogP contribution >= 0.6 is 23.2 Å². The van der Waals surface area contributed by atoms with Crippen LogP contribution in [-0.4, -0.2) is 5.54 Å². The van der Waals surface area contributed by atoms with Crippen molar-refractivity contribution in [3.05, 3.63) is 33.8 Å². The second-order valence-electron chi connectivity index (χ2n) is 4.85. The lowest BCUT2D eigenvalue weighted by Gasteiger charge is -2.33. The Morgan fingerprint density at radius 3 is 2.38 bits per heavy atom. The molecule has 88 valence electrons. The normalized spacial score (nSPS) is 19.7. The lowest BCUT2D eigenvalue weighted by molar-refractivity contribution is 0.294. The minimum atomic E-state index is -0.0323. The standard InChI is InChI=1S/C13H17Cl2N/c14-11-5-4-10(8-12(11)15)9-13(16)6-2-1-3-7-13/h4-5,8H,1-3,6-7,9,16H2. The highest BCUT2D eigenvalue weighted by molar-refractivity contribution is 6.42. The maximum Gasteiger partial charge on any atom is 0.0595 e. The number of hydrogen-bond donors (Lipinski definition) is 1. The molecule has 0 atom stereocenters. The van der Waals surface area contributed by atoms with Gasteiger partial charge in [-0.2, -0.15) is 0 Å². The van der Waals surface area contributed by atoms with Crippen molar-refractivity contribution in [2.45, 2.75) is 44.1 Å². The van der Waals surface area contributed by atoms with E-state index >= 15 is 0 Å². The van der Waals surface area contributed by atoms with E-state index in [2.05, 4.69) is 0 Å². The van der Waals surface area contributed by atoms with Crippen LogP contribution in [0, 0.1) is 0 Å². The Kier molecular flexibility index (Phi) is 3.78. The van der Waals surface area contributed by atoms with Crippen molar-refractivity contribution in [1.82, 2.24) is 0 Å². The molecular formula is C13H17Cl2N. The predicted octanol–water partition coefficient (Wildman–Crippen LogP) is 4.20. The van der Waals surface area contributed by atoms with Gasteiger partial charge >= 0.3 is 0 Å². The summed E-state index contributed by atoms with van der Waals surface area (Å²) in [5.41, 5.74) is 7.56. The van der Waals surface area contributed by atoms with Crippen LogP contribution in [0.2, 0.25) is 10.0 Å². The Morgan fingerprint density at radius 2 is 1.75 bits per heavy atom. The van der Waals surface area contributed by atoms with Crippen molar-refractivity contribution in [2.24, 2.45) is 5.73 Å². The summed E-state index contributed by atoms with van der Waals surface area (Å²) in [6.45, 7) is 0. The van der Waals surface area contributed by atoms with Crippen molar-refractivity contribution >= 4 is 23.2 Å². The fraction of sp³-hybridized carbons (Fsp3) is 0.538. The van der Waals surface area contributed by atoms with Gasteiger partial charge in [-0.3, -0.25) is 0 Å². The zero-order chi connectivity index (χ0) is 11.6. The first-order chi connectivity index (χ1) is 7.59. The zero-order valence-corrected chi connectivity index (χ0v) is 10.8. The van der Waals surface area contributed by atoms with Gasteiger partial charge in [0.15, 0.2) is 0 Å². The average Bonchev–Trinajstić information content (AvgIpc) is 2.24. The topological polar surface area (TPSA) is 26.0 Å². The molecule has 1 aromatic rings. The molecule has 3 heteroatoms. The SMILES string of the molecule is NC1(Cc2ccc(Cl)c(Cl)c2)CCCCC1. The molecule has 1 aliphatic rings. The summed E-state index contributed by atoms with van der Waals surface area (Å²) >= 11 is 11.9. The number of benzene rings is 1. The first-order valence-electron chi connectivity index (χ1n) is 5.82. The van der Waals surface area contributed by atoms with Crippen LogP contribution in [0.5, 0.6) is 0 Å². The van der Waals surface area contributed by atoms with Crippen LogP contribution < -0.4 is 5.73 Å². The Morgan fingerprint density at radius 1 is 1.06 bits per heavy atom. The lowest BCUT2D eigenvalue weighted by Crippen LogP contribution is -2.43. The Hall–Kier alpha value is -0.240. The maximum atomic E-state index is 6.40. The van der Waals surface area contributed by atoms with Gasteiger partial charge in [0.2, 0.25) is 0 Å². The van der Waals surface area contributed by atoms with Crippen LogP contribution in [0.25, 0.3) is 0 Å². The Bertz CT molecular complexity index is 370. The summed E-state index contributed by atoms with van der Waals surface area (Å²) in [6, 6.07) is 5.82. The van der Waals surface area contributed by atoms with Crippen molar-refractivity contribution in [3.63, 3.8) is 0 Å². The molecule has 2 N–H and O–H groups in total. The molecule has 0 bridgehead atoms. The van der Waals surface area contributed by atoms with E-state index < -0.39 is 0 Å². The molecule has 0 spiro atoms. The molecule has 0 unspecified atom stereocenters. The summed E-state index contributed by atoms with van der Waals surface area (Å²) < 4.78 is 0. The van der Waals surface area contributed by atoms with Crippen molar-refractivity contribution in [3.8, 4) is 0 Å². The van der Waals surface area contributed by atoms with Gasteiger partial charge < -0.3 is 5.73 Å². The lowest BCUT2D eigenvalue weighted by atomic mass is 9.78. The fourth-order valence-corrected chi connectivity index (χ4v) is 2.81. The second-order valence-corrected chi connectivity index (χ2v) is 5.66. The van der Waals surface area contributed by atoms with E-state index in [0.717, 1.165) is 19.3 Å². The first-order valence-corrected chi connectivity index (χ1v) is 6.57. The van der Waals surface area contributed by atoms with Gasteiger partial charge in [-0.15, -0.1) is 0 Å². The average molecular weight is 258 g/mol. The van der Waals surface area contributed by atoms with Crippen molar-refractivity contribution < 1.29 is 0 Å². The number of nitrogens with two attached hydrogens (primary N) is 1. The van der Waals surface area contributed by atoms with Crippen molar-refractivity contribution in [2.75, 3.05) is 0 Å². The molecule has 0 aliphatic heterocycles. The van der Waals surface area contributed by atoms with E-state index in [0.29, 0.717) is 10.0 Å². The van der Waals surface area contributed by atoms with Crippen molar-refractivity contribution in [1.29, 1.82) is 0 Å². The third-order valence-electron chi connectivity index (χ3n) is 3.39. The zero-order valence-electron chi connectivity index (χ0n) is 9.31. The third kappa shape index (κ3) is 2.91. The van der Waals surface area contributed by atoms with Gasteiger partial charge in [-0.05, 0) is 37.0 Å². The second kappa shape index (κ2) is 4.95. The predicted molar refractivity (Wildman–Crippen MR) is 70.2 cm³/mol. The highest BCUT2D eigenvalue weighted by Gasteiger charge is 2.27. The highest BCUT2D eigenvalue weighted by Crippen LogP contribution is 2.31. The monoisotopic (exact) mass is 257 g/mol. The minimum absolute atomic E-state index is 0.0323. The molecule has 2 rings (SSSR count). The van der Waals surface area contributed by atoms with E-state index in [-0.39, 0.29) is 5.54 Å². The molecule has 16 heavy (non-hydrogen) atoms. The van der Waals surface area contributed by atoms with Crippen LogP contribution in [0.15, 0.2) is 18.2 Å². The molecule has 0 heterocycles. The van der Waals surface area contributed by atoms with Gasteiger partial charge in [0.1, 0.15) is 0 Å². The van der Waals surface area contributed by atoms with Crippen LogP contribution in [0.3, 0.4) is 0 Å². The number of rotatable bonds is 2. The van der Waals surface area contributed by atoms with E-state index in [1.54, 1.807) is 0 Å². The molecule has 1 saturated carbocycles. The van der Waals surface area contributed by atoms with E-state index in [9.17, 15) is 0 Å². The molecule has 1 nitrogen and oxygen atoms in total. The molecule has 0 aromatic heterocycles. The van der Waals surface area contributed by atoms with Gasteiger partial charge in [-0.1, -0.05) is 48.5 Å². The van der Waals surface area contributed by atoms with Gasteiger partial charge in [-0.25, -0.2) is 0 Å². The summed E-state index contributed by atoms with van der Waals surface area (Å²) in [7, 11) is 0. The molecule has 1 aliphatic carbocycles. The van der Waals surface area contributed by atoms with Gasteiger partial charge in [0.25, 0.3) is 0 Å². The largest absolute Gasteiger partial charge is 0.325 e. The summed E-state index contributed by atoms with van der Waals surface area (Å²) in [5, 5.41) is 1.23.